The van der Waals surface area contributed by atoms with Gasteiger partial charge in [0.05, 0.1) is 12.6 Å². The van der Waals surface area contributed by atoms with Gasteiger partial charge in [-0.2, -0.15) is 0 Å². The maximum atomic E-state index is 13.8. The van der Waals surface area contributed by atoms with Gasteiger partial charge in [0.2, 0.25) is 0 Å². The Kier molecular flexibility index (Phi) is 2.51. The van der Waals surface area contributed by atoms with Crippen molar-refractivity contribution in [2.24, 2.45) is 0 Å². The first-order chi connectivity index (χ1) is 8.97. The zero-order chi connectivity index (χ0) is 13.7. The van der Waals surface area contributed by atoms with E-state index in [1.807, 2.05) is 0 Å². The fourth-order valence-electron chi connectivity index (χ4n) is 2.66. The molecule has 0 saturated carbocycles. The molecule has 7 heteroatoms. The number of nitrogens with zero attached hydrogens (tertiary/aromatic N) is 2. The van der Waals surface area contributed by atoms with Crippen LogP contribution < -0.4 is 10.6 Å². The second kappa shape index (κ2) is 3.97. The van der Waals surface area contributed by atoms with Gasteiger partial charge in [0.25, 0.3) is 0 Å². The molecule has 0 radical (unpaired) electrons. The minimum Gasteiger partial charge on any atom is -0.442 e. The van der Waals surface area contributed by atoms with E-state index in [9.17, 15) is 13.6 Å². The van der Waals surface area contributed by atoms with Crippen LogP contribution in [0.4, 0.5) is 25.0 Å². The van der Waals surface area contributed by atoms with Gasteiger partial charge in [-0.3, -0.25) is 0 Å². The minimum atomic E-state index is -0.702. The highest BCUT2D eigenvalue weighted by Gasteiger charge is 2.46. The number of halogens is 2. The Hall–Kier alpha value is -2.05. The number of nitrogen functional groups attached to an aromatic ring is 1. The van der Waals surface area contributed by atoms with E-state index in [0.717, 1.165) is 12.1 Å². The van der Waals surface area contributed by atoms with E-state index in [1.54, 1.807) is 11.9 Å². The van der Waals surface area contributed by atoms with Gasteiger partial charge < -0.3 is 20.3 Å². The minimum absolute atomic E-state index is 0.0432. The average molecular weight is 269 g/mol. The molecule has 0 spiro atoms. The fraction of sp³-hybridized carbons (Fsp3) is 0.417. The van der Waals surface area contributed by atoms with Gasteiger partial charge in [0.15, 0.2) is 11.6 Å². The summed E-state index contributed by atoms with van der Waals surface area (Å²) in [4.78, 5) is 14.3. The SMILES string of the molecule is CN1C(=O)O[C@H]2CN(c3c(F)cc(N)cc3F)C[C@H]21. The molecule has 2 N–H and O–H groups in total. The van der Waals surface area contributed by atoms with Crippen molar-refractivity contribution in [3.63, 3.8) is 0 Å². The van der Waals surface area contributed by atoms with Crippen molar-refractivity contribution < 1.29 is 18.3 Å². The Balaban J connectivity index is 1.89. The maximum Gasteiger partial charge on any atom is 0.410 e. The molecule has 2 fully saturated rings. The highest BCUT2D eigenvalue weighted by Crippen LogP contribution is 2.33. The van der Waals surface area contributed by atoms with E-state index in [4.69, 9.17) is 10.5 Å². The number of ether oxygens (including phenoxy) is 1. The Labute approximate surface area is 108 Å². The van der Waals surface area contributed by atoms with Gasteiger partial charge in [0, 0.05) is 19.3 Å². The van der Waals surface area contributed by atoms with Crippen LogP contribution in [-0.4, -0.2) is 43.3 Å². The molecule has 5 nitrogen and oxygen atoms in total. The summed E-state index contributed by atoms with van der Waals surface area (Å²) >= 11 is 0. The number of rotatable bonds is 1. The summed E-state index contributed by atoms with van der Waals surface area (Å²) in [5.74, 6) is -1.40. The van der Waals surface area contributed by atoms with Crippen LogP contribution >= 0.6 is 0 Å². The number of hydrogen-bond donors (Lipinski definition) is 1. The third kappa shape index (κ3) is 1.76. The molecule has 0 aliphatic carbocycles. The Bertz CT molecular complexity index is 529. The molecular formula is C12H13F2N3O2. The van der Waals surface area contributed by atoms with Gasteiger partial charge in [-0.25, -0.2) is 13.6 Å². The van der Waals surface area contributed by atoms with Gasteiger partial charge in [0.1, 0.15) is 11.8 Å². The highest BCUT2D eigenvalue weighted by atomic mass is 19.1. The summed E-state index contributed by atoms with van der Waals surface area (Å²) in [5, 5.41) is 0. The quantitative estimate of drug-likeness (QED) is 0.778. The number of fused-ring (bicyclic) bond motifs is 1. The molecule has 2 aliphatic rings. The zero-order valence-corrected chi connectivity index (χ0v) is 10.3. The molecule has 2 aliphatic heterocycles. The molecule has 3 rings (SSSR count). The second-order valence-electron chi connectivity index (χ2n) is 4.84. The van der Waals surface area contributed by atoms with Crippen molar-refractivity contribution in [2.75, 3.05) is 30.8 Å². The van der Waals surface area contributed by atoms with Gasteiger partial charge in [-0.1, -0.05) is 0 Å². The monoisotopic (exact) mass is 269 g/mol. The molecule has 2 atom stereocenters. The summed E-state index contributed by atoms with van der Waals surface area (Å²) in [5.41, 5.74) is 5.31. The van der Waals surface area contributed by atoms with Crippen molar-refractivity contribution in [2.45, 2.75) is 12.1 Å². The normalized spacial score (nSPS) is 25.7. The van der Waals surface area contributed by atoms with E-state index >= 15 is 0 Å². The molecule has 1 amide bonds. The summed E-state index contributed by atoms with van der Waals surface area (Å²) in [6.45, 7) is 0.614. The Morgan fingerprint density at radius 3 is 2.53 bits per heavy atom. The number of benzene rings is 1. The molecular weight excluding hydrogens is 256 g/mol. The first kappa shape index (κ1) is 12.0. The largest absolute Gasteiger partial charge is 0.442 e. The molecule has 0 aromatic heterocycles. The summed E-state index contributed by atoms with van der Waals surface area (Å²) in [7, 11) is 1.62. The van der Waals surface area contributed by atoms with Crippen molar-refractivity contribution in [3.05, 3.63) is 23.8 Å². The van der Waals surface area contributed by atoms with Crippen molar-refractivity contribution in [1.29, 1.82) is 0 Å². The number of carbonyl (C=O) groups excluding carboxylic acids is 1. The van der Waals surface area contributed by atoms with Crippen LogP contribution in [0.5, 0.6) is 0 Å². The van der Waals surface area contributed by atoms with Gasteiger partial charge in [-0.05, 0) is 12.1 Å². The lowest BCUT2D eigenvalue weighted by Crippen LogP contribution is -2.35. The Morgan fingerprint density at radius 2 is 1.95 bits per heavy atom. The summed E-state index contributed by atoms with van der Waals surface area (Å²) in [6, 6.07) is 1.99. The fourth-order valence-corrected chi connectivity index (χ4v) is 2.66. The molecule has 2 saturated heterocycles. The van der Waals surface area contributed by atoms with E-state index < -0.39 is 17.7 Å². The number of carbonyl (C=O) groups is 1. The maximum absolute atomic E-state index is 13.8. The topological polar surface area (TPSA) is 58.8 Å². The summed E-state index contributed by atoms with van der Waals surface area (Å²) < 4.78 is 32.8. The van der Waals surface area contributed by atoms with Crippen LogP contribution in [0, 0.1) is 11.6 Å². The lowest BCUT2D eigenvalue weighted by Gasteiger charge is -2.22. The lowest BCUT2D eigenvalue weighted by atomic mass is 10.2. The van der Waals surface area contributed by atoms with Gasteiger partial charge >= 0.3 is 6.09 Å². The molecule has 1 aromatic carbocycles. The van der Waals surface area contributed by atoms with Crippen LogP contribution in [0.2, 0.25) is 0 Å². The standard InChI is InChI=1S/C12H13F2N3O2/c1-16-9-4-17(5-10(9)19-12(16)18)11-7(13)2-6(15)3-8(11)14/h2-3,9-10H,4-5,15H2,1H3/t9-,10+/m1/s1. The number of nitrogens with two attached hydrogens (primary N) is 1. The number of likely N-dealkylation sites (N-methyl/N-ethyl adjacent to an activating group) is 1. The Morgan fingerprint density at radius 1 is 1.32 bits per heavy atom. The molecule has 102 valence electrons. The zero-order valence-electron chi connectivity index (χ0n) is 10.3. The number of anilines is 2. The average Bonchev–Trinajstić information content (AvgIpc) is 2.79. The van der Waals surface area contributed by atoms with E-state index in [1.165, 1.54) is 4.90 Å². The molecule has 1 aromatic rings. The van der Waals surface area contributed by atoms with Crippen LogP contribution in [-0.2, 0) is 4.74 Å². The third-order valence-corrected chi connectivity index (χ3v) is 3.63. The number of amides is 1. The molecule has 0 bridgehead atoms. The van der Waals surface area contributed by atoms with Gasteiger partial charge in [-0.15, -0.1) is 0 Å². The van der Waals surface area contributed by atoms with Crippen LogP contribution in [0.3, 0.4) is 0 Å². The predicted molar refractivity (Wildman–Crippen MR) is 64.8 cm³/mol. The highest BCUT2D eigenvalue weighted by molar-refractivity contribution is 5.71. The van der Waals surface area contributed by atoms with Crippen LogP contribution in [0.15, 0.2) is 12.1 Å². The second-order valence-corrected chi connectivity index (χ2v) is 4.84. The smallest absolute Gasteiger partial charge is 0.410 e. The first-order valence-electron chi connectivity index (χ1n) is 5.90. The third-order valence-electron chi connectivity index (χ3n) is 3.63. The molecule has 2 heterocycles. The van der Waals surface area contributed by atoms with Crippen LogP contribution in [0.25, 0.3) is 0 Å². The summed E-state index contributed by atoms with van der Waals surface area (Å²) in [6.07, 6.45) is -0.748. The van der Waals surface area contributed by atoms with E-state index in [2.05, 4.69) is 0 Å². The molecule has 19 heavy (non-hydrogen) atoms. The lowest BCUT2D eigenvalue weighted by molar-refractivity contribution is 0.138. The van der Waals surface area contributed by atoms with E-state index in [-0.39, 0.29) is 30.1 Å². The first-order valence-corrected chi connectivity index (χ1v) is 5.90. The number of hydrogen-bond acceptors (Lipinski definition) is 4. The molecule has 0 unspecified atom stereocenters. The van der Waals surface area contributed by atoms with Crippen molar-refractivity contribution in [3.8, 4) is 0 Å². The van der Waals surface area contributed by atoms with Crippen LogP contribution in [0.1, 0.15) is 0 Å². The van der Waals surface area contributed by atoms with Crippen molar-refractivity contribution >= 4 is 17.5 Å². The van der Waals surface area contributed by atoms with Crippen molar-refractivity contribution in [1.82, 2.24) is 4.90 Å². The van der Waals surface area contributed by atoms with E-state index in [0.29, 0.717) is 6.54 Å². The predicted octanol–water partition coefficient (Wildman–Crippen LogP) is 1.19.